The van der Waals surface area contributed by atoms with E-state index in [-0.39, 0.29) is 47.5 Å². The van der Waals surface area contributed by atoms with Crippen molar-refractivity contribution in [1.82, 2.24) is 12.3 Å². The average Bonchev–Trinajstić information content (AvgIpc) is 3.47. The number of benzene rings is 3. The Balaban J connectivity index is -0.000000523. The van der Waals surface area contributed by atoms with E-state index >= 15 is 0 Å². The van der Waals surface area contributed by atoms with Gasteiger partial charge < -0.3 is 49.1 Å². The predicted molar refractivity (Wildman–Crippen MR) is 184 cm³/mol. The third-order valence-electron chi connectivity index (χ3n) is 6.74. The highest BCUT2D eigenvalue weighted by Crippen LogP contribution is 2.34. The lowest BCUT2D eigenvalue weighted by molar-refractivity contribution is 0.102. The fraction of sp³-hybridized carbons (Fsp3) is 0.345. The maximum atomic E-state index is 12.5. The minimum absolute atomic E-state index is 0. The molecule has 2 aliphatic heterocycles. The molecule has 0 atom stereocenters. The lowest BCUT2D eigenvalue weighted by Gasteiger charge is -2.31. The van der Waals surface area contributed by atoms with E-state index in [9.17, 15) is 9.90 Å². The summed E-state index contributed by atoms with van der Waals surface area (Å²) < 4.78 is 0. The van der Waals surface area contributed by atoms with Crippen LogP contribution < -0.4 is 38.5 Å². The Labute approximate surface area is 260 Å². The Morgan fingerprint density at radius 3 is 1.83 bits per heavy atom. The number of phenolic OH excluding ortho intramolecular Hbond substituents is 1. The number of halogens is 2. The van der Waals surface area contributed by atoms with Crippen LogP contribution in [-0.4, -0.2) is 49.7 Å². The van der Waals surface area contributed by atoms with Crippen LogP contribution in [-0.2, 0) is 0 Å². The van der Waals surface area contributed by atoms with Gasteiger partial charge in [-0.2, -0.15) is 0 Å². The number of carbonyl (C=O) groups excluding carboxylic acids is 1. The number of rotatable bonds is 6. The molecule has 13 N–H and O–H groups in total. The van der Waals surface area contributed by atoms with E-state index in [1.807, 2.05) is 6.07 Å². The SMILES string of the molecule is CN.Cl.N.N.O.O=C(Nc1ccc(Nc2cc(N3CCCCC3)cc(N3CCCC3)c2)cc1O)c1ccc(Cl)cc1.[HH].[HH].[HH].[HH]. The van der Waals surface area contributed by atoms with Crippen molar-refractivity contribution in [1.29, 1.82) is 0 Å². The number of anilines is 5. The van der Waals surface area contributed by atoms with Gasteiger partial charge in [0.1, 0.15) is 5.75 Å². The summed E-state index contributed by atoms with van der Waals surface area (Å²) in [6.07, 6.45) is 6.22. The van der Waals surface area contributed by atoms with Gasteiger partial charge in [0.05, 0.1) is 5.69 Å². The first-order valence-corrected chi connectivity index (χ1v) is 13.3. The molecule has 5 rings (SSSR count). The Hall–Kier alpha value is -3.25. The first kappa shape index (κ1) is 37.8. The number of nitrogens with two attached hydrogens (primary N) is 1. The van der Waals surface area contributed by atoms with E-state index in [1.54, 1.807) is 36.4 Å². The second kappa shape index (κ2) is 18.2. The van der Waals surface area contributed by atoms with Crippen molar-refractivity contribution in [3.63, 3.8) is 0 Å². The van der Waals surface area contributed by atoms with Gasteiger partial charge in [-0.15, -0.1) is 12.4 Å². The van der Waals surface area contributed by atoms with Crippen LogP contribution in [0.3, 0.4) is 0 Å². The fourth-order valence-corrected chi connectivity index (χ4v) is 4.96. The normalized spacial score (nSPS) is 13.6. The summed E-state index contributed by atoms with van der Waals surface area (Å²) in [7, 11) is 1.50. The highest BCUT2D eigenvalue weighted by molar-refractivity contribution is 6.30. The molecule has 0 saturated carbocycles. The van der Waals surface area contributed by atoms with Gasteiger partial charge in [0, 0.05) is 71.3 Å². The molecule has 41 heavy (non-hydrogen) atoms. The molecule has 2 saturated heterocycles. The lowest BCUT2D eigenvalue weighted by atomic mass is 10.1. The minimum atomic E-state index is -0.304. The molecule has 12 heteroatoms. The molecule has 3 aromatic rings. The summed E-state index contributed by atoms with van der Waals surface area (Å²) in [4.78, 5) is 17.4. The molecule has 0 unspecified atom stereocenters. The molecule has 236 valence electrons. The second-order valence-electron chi connectivity index (χ2n) is 9.30. The van der Waals surface area contributed by atoms with Crippen LogP contribution in [0.25, 0.3) is 0 Å². The average molecular weight is 619 g/mol. The lowest BCUT2D eigenvalue weighted by Crippen LogP contribution is -2.29. The van der Waals surface area contributed by atoms with Crippen molar-refractivity contribution >= 4 is 58.4 Å². The van der Waals surface area contributed by atoms with E-state index < -0.39 is 0 Å². The van der Waals surface area contributed by atoms with E-state index in [1.165, 1.54) is 50.5 Å². The molecule has 0 bridgehead atoms. The topological polar surface area (TPSA) is 195 Å². The summed E-state index contributed by atoms with van der Waals surface area (Å²) in [6, 6.07) is 18.5. The van der Waals surface area contributed by atoms with Gasteiger partial charge in [-0.3, -0.25) is 4.79 Å². The van der Waals surface area contributed by atoms with Crippen molar-refractivity contribution in [3.05, 3.63) is 71.2 Å². The number of amides is 1. The molecular formula is C29H53Cl2N7O3. The van der Waals surface area contributed by atoms with Crippen LogP contribution in [0.2, 0.25) is 5.02 Å². The minimum Gasteiger partial charge on any atom is -0.506 e. The summed E-state index contributed by atoms with van der Waals surface area (Å²) in [5.41, 5.74) is 9.56. The quantitative estimate of drug-likeness (QED) is 0.157. The van der Waals surface area contributed by atoms with Gasteiger partial charge in [0.2, 0.25) is 0 Å². The van der Waals surface area contributed by atoms with Gasteiger partial charge in [-0.05, 0) is 93.7 Å². The second-order valence-corrected chi connectivity index (χ2v) is 9.73. The maximum Gasteiger partial charge on any atom is 0.255 e. The van der Waals surface area contributed by atoms with Crippen molar-refractivity contribution in [3.8, 4) is 5.75 Å². The molecular weight excluding hydrogens is 565 g/mol. The van der Waals surface area contributed by atoms with Gasteiger partial charge >= 0.3 is 0 Å². The van der Waals surface area contributed by atoms with Crippen LogP contribution in [0.5, 0.6) is 5.75 Å². The van der Waals surface area contributed by atoms with Gasteiger partial charge in [0.25, 0.3) is 5.91 Å². The summed E-state index contributed by atoms with van der Waals surface area (Å²) >= 11 is 5.90. The number of hydrogen-bond acceptors (Lipinski definition) is 8. The van der Waals surface area contributed by atoms with Crippen molar-refractivity contribution < 1.29 is 21.1 Å². The third kappa shape index (κ3) is 9.96. The number of carbonyl (C=O) groups is 1. The fourth-order valence-electron chi connectivity index (χ4n) is 4.84. The largest absolute Gasteiger partial charge is 0.506 e. The molecule has 0 aromatic heterocycles. The number of piperidine rings is 1. The highest BCUT2D eigenvalue weighted by Gasteiger charge is 2.18. The zero-order valence-electron chi connectivity index (χ0n) is 23.7. The zero-order chi connectivity index (χ0) is 26.2. The third-order valence-corrected chi connectivity index (χ3v) is 6.99. The Bertz CT molecular complexity index is 1220. The molecule has 2 fully saturated rings. The number of aromatic hydroxyl groups is 1. The zero-order valence-corrected chi connectivity index (χ0v) is 25.2. The van der Waals surface area contributed by atoms with Gasteiger partial charge in [0.15, 0.2) is 0 Å². The molecule has 1 amide bonds. The Morgan fingerprint density at radius 1 is 0.805 bits per heavy atom. The Kier molecular flexibility index (Phi) is 16.8. The molecule has 2 heterocycles. The van der Waals surface area contributed by atoms with Crippen LogP contribution in [0.4, 0.5) is 28.4 Å². The molecule has 0 spiro atoms. The monoisotopic (exact) mass is 617 g/mol. The molecule has 0 radical (unpaired) electrons. The van der Waals surface area contributed by atoms with Crippen LogP contribution in [0.15, 0.2) is 60.7 Å². The van der Waals surface area contributed by atoms with E-state index in [4.69, 9.17) is 11.6 Å². The number of nitrogens with one attached hydrogen (secondary N) is 2. The summed E-state index contributed by atoms with van der Waals surface area (Å²) in [6.45, 7) is 4.36. The van der Waals surface area contributed by atoms with Crippen LogP contribution in [0, 0.1) is 0 Å². The first-order chi connectivity index (χ1) is 18.0. The smallest absolute Gasteiger partial charge is 0.255 e. The van der Waals surface area contributed by atoms with Crippen molar-refractivity contribution in [2.24, 2.45) is 5.73 Å². The molecule has 3 aromatic carbocycles. The van der Waals surface area contributed by atoms with Crippen LogP contribution in [0.1, 0.15) is 48.2 Å². The predicted octanol–water partition coefficient (Wildman–Crippen LogP) is 7.11. The van der Waals surface area contributed by atoms with Crippen molar-refractivity contribution in [2.45, 2.75) is 32.1 Å². The maximum absolute atomic E-state index is 12.5. The van der Waals surface area contributed by atoms with Gasteiger partial charge in [-0.25, -0.2) is 0 Å². The number of hydrogen-bond donors (Lipinski definition) is 6. The number of nitrogens with zero attached hydrogens (tertiary/aromatic N) is 2. The van der Waals surface area contributed by atoms with E-state index in [0.717, 1.165) is 37.6 Å². The standard InChI is InChI=1S/C28H31ClN4O2.CH5N.ClH.2H3N.H2O.4H2/c29-21-8-6-20(7-9-21)28(35)31-26-11-10-22(18-27(26)34)30-23-16-24(32-12-2-1-3-13-32)19-25(17-23)33-14-4-5-15-33;1-2;;;;;;;;/h6-11,16-19,30,34H,1-5,12-15H2,(H,31,35);2H2,1H3;1H;2*1H3;1H2;4*1H. The van der Waals surface area contributed by atoms with E-state index in [0.29, 0.717) is 16.3 Å². The van der Waals surface area contributed by atoms with Crippen molar-refractivity contribution in [2.75, 3.05) is 53.7 Å². The Morgan fingerprint density at radius 2 is 1.32 bits per heavy atom. The van der Waals surface area contributed by atoms with Crippen LogP contribution >= 0.6 is 24.0 Å². The highest BCUT2D eigenvalue weighted by atomic mass is 35.5. The molecule has 0 aliphatic carbocycles. The molecule has 10 nitrogen and oxygen atoms in total. The van der Waals surface area contributed by atoms with E-state index in [2.05, 4.69) is 44.4 Å². The summed E-state index contributed by atoms with van der Waals surface area (Å²) in [5, 5.41) is 17.4. The first-order valence-electron chi connectivity index (χ1n) is 12.9. The summed E-state index contributed by atoms with van der Waals surface area (Å²) in [5.74, 6) is -0.300. The number of phenols is 1. The van der Waals surface area contributed by atoms with Gasteiger partial charge in [-0.1, -0.05) is 11.6 Å². The molecule has 2 aliphatic rings.